The Morgan fingerprint density at radius 1 is 1.43 bits per heavy atom. The van der Waals surface area contributed by atoms with E-state index in [-0.39, 0.29) is 0 Å². The van der Waals surface area contributed by atoms with Gasteiger partial charge in [0.25, 0.3) is 0 Å². The molecule has 0 spiro atoms. The molecule has 0 fully saturated rings. The standard InChI is InChI=1S/C12H17NO/c1-13-7-6-10-4-5-12-11(9-10)3-2-8-14-12/h4-5,9,13H,2-3,6-8H2,1H3. The second kappa shape index (κ2) is 4.47. The summed E-state index contributed by atoms with van der Waals surface area (Å²) in [6.07, 6.45) is 3.43. The van der Waals surface area contributed by atoms with Crippen molar-refractivity contribution in [2.45, 2.75) is 19.3 Å². The molecule has 0 radical (unpaired) electrons. The fourth-order valence-corrected chi connectivity index (χ4v) is 1.84. The van der Waals surface area contributed by atoms with Crippen molar-refractivity contribution < 1.29 is 4.74 Å². The van der Waals surface area contributed by atoms with E-state index in [0.717, 1.165) is 31.7 Å². The smallest absolute Gasteiger partial charge is 0.122 e. The third kappa shape index (κ3) is 2.07. The molecule has 0 bridgehead atoms. The molecule has 1 aromatic carbocycles. The summed E-state index contributed by atoms with van der Waals surface area (Å²) in [7, 11) is 1.99. The first-order chi connectivity index (χ1) is 6.90. The van der Waals surface area contributed by atoms with Gasteiger partial charge in [0, 0.05) is 0 Å². The minimum Gasteiger partial charge on any atom is -0.493 e. The van der Waals surface area contributed by atoms with Crippen LogP contribution in [0.15, 0.2) is 18.2 Å². The number of ether oxygens (including phenoxy) is 1. The fraction of sp³-hybridized carbons (Fsp3) is 0.500. The number of likely N-dealkylation sites (N-methyl/N-ethyl adjacent to an activating group) is 1. The molecule has 76 valence electrons. The number of nitrogens with one attached hydrogen (secondary N) is 1. The molecule has 14 heavy (non-hydrogen) atoms. The summed E-state index contributed by atoms with van der Waals surface area (Å²) in [5.41, 5.74) is 2.79. The van der Waals surface area contributed by atoms with Crippen LogP contribution in [-0.2, 0) is 12.8 Å². The molecular weight excluding hydrogens is 174 g/mol. The van der Waals surface area contributed by atoms with Crippen LogP contribution in [0.3, 0.4) is 0 Å². The van der Waals surface area contributed by atoms with E-state index in [4.69, 9.17) is 4.74 Å². The molecule has 2 nitrogen and oxygen atoms in total. The average Bonchev–Trinajstić information content (AvgIpc) is 2.26. The highest BCUT2D eigenvalue weighted by Crippen LogP contribution is 2.25. The summed E-state index contributed by atoms with van der Waals surface area (Å²) in [5.74, 6) is 1.09. The second-order valence-electron chi connectivity index (χ2n) is 3.75. The number of hydrogen-bond acceptors (Lipinski definition) is 2. The normalized spacial score (nSPS) is 14.6. The first-order valence-electron chi connectivity index (χ1n) is 5.29. The number of fused-ring (bicyclic) bond motifs is 1. The van der Waals surface area contributed by atoms with Crippen LogP contribution in [-0.4, -0.2) is 20.2 Å². The molecule has 1 aromatic rings. The van der Waals surface area contributed by atoms with Crippen LogP contribution in [0.4, 0.5) is 0 Å². The Balaban J connectivity index is 2.12. The van der Waals surface area contributed by atoms with Gasteiger partial charge in [-0.2, -0.15) is 0 Å². The molecule has 0 aromatic heterocycles. The molecule has 0 aliphatic carbocycles. The van der Waals surface area contributed by atoms with Crippen molar-refractivity contribution in [3.63, 3.8) is 0 Å². The predicted octanol–water partition coefficient (Wildman–Crippen LogP) is 1.77. The first-order valence-corrected chi connectivity index (χ1v) is 5.29. The molecule has 0 saturated heterocycles. The van der Waals surface area contributed by atoms with E-state index >= 15 is 0 Å². The van der Waals surface area contributed by atoms with Crippen molar-refractivity contribution in [2.24, 2.45) is 0 Å². The topological polar surface area (TPSA) is 21.3 Å². The highest BCUT2D eigenvalue weighted by atomic mass is 16.5. The second-order valence-corrected chi connectivity index (χ2v) is 3.75. The fourth-order valence-electron chi connectivity index (χ4n) is 1.84. The monoisotopic (exact) mass is 191 g/mol. The third-order valence-corrected chi connectivity index (χ3v) is 2.64. The van der Waals surface area contributed by atoms with Gasteiger partial charge >= 0.3 is 0 Å². The molecule has 0 amide bonds. The zero-order valence-electron chi connectivity index (χ0n) is 8.68. The largest absolute Gasteiger partial charge is 0.493 e. The lowest BCUT2D eigenvalue weighted by Gasteiger charge is -2.17. The van der Waals surface area contributed by atoms with Gasteiger partial charge in [-0.15, -0.1) is 0 Å². The molecule has 1 aliphatic heterocycles. The van der Waals surface area contributed by atoms with Crippen molar-refractivity contribution in [1.29, 1.82) is 0 Å². The van der Waals surface area contributed by atoms with Crippen molar-refractivity contribution in [1.82, 2.24) is 5.32 Å². The van der Waals surface area contributed by atoms with Gasteiger partial charge in [0.2, 0.25) is 0 Å². The molecule has 0 unspecified atom stereocenters. The van der Waals surface area contributed by atoms with Gasteiger partial charge in [-0.3, -0.25) is 0 Å². The van der Waals surface area contributed by atoms with Crippen LogP contribution in [0.2, 0.25) is 0 Å². The van der Waals surface area contributed by atoms with Crippen molar-refractivity contribution in [3.05, 3.63) is 29.3 Å². The van der Waals surface area contributed by atoms with Gasteiger partial charge in [0.05, 0.1) is 6.61 Å². The van der Waals surface area contributed by atoms with Crippen molar-refractivity contribution in [2.75, 3.05) is 20.2 Å². The van der Waals surface area contributed by atoms with Crippen LogP contribution in [0.1, 0.15) is 17.5 Å². The summed E-state index contributed by atoms with van der Waals surface area (Å²) < 4.78 is 5.57. The molecule has 1 aliphatic rings. The van der Waals surface area contributed by atoms with E-state index in [2.05, 4.69) is 23.5 Å². The summed E-state index contributed by atoms with van der Waals surface area (Å²) in [4.78, 5) is 0. The van der Waals surface area contributed by atoms with E-state index in [1.165, 1.54) is 17.5 Å². The lowest BCUT2D eigenvalue weighted by atomic mass is 10.0. The van der Waals surface area contributed by atoms with E-state index in [1.54, 1.807) is 0 Å². The van der Waals surface area contributed by atoms with E-state index in [1.807, 2.05) is 7.05 Å². The van der Waals surface area contributed by atoms with Gasteiger partial charge in [0.15, 0.2) is 0 Å². The van der Waals surface area contributed by atoms with Crippen molar-refractivity contribution >= 4 is 0 Å². The van der Waals surface area contributed by atoms with Gasteiger partial charge in [-0.25, -0.2) is 0 Å². The number of aryl methyl sites for hydroxylation is 1. The van der Waals surface area contributed by atoms with Gasteiger partial charge in [-0.1, -0.05) is 12.1 Å². The quantitative estimate of drug-likeness (QED) is 0.786. The number of benzene rings is 1. The van der Waals surface area contributed by atoms with Gasteiger partial charge in [0.1, 0.15) is 5.75 Å². The van der Waals surface area contributed by atoms with E-state index < -0.39 is 0 Å². The van der Waals surface area contributed by atoms with E-state index in [0.29, 0.717) is 0 Å². The molecular formula is C12H17NO. The van der Waals surface area contributed by atoms with Crippen LogP contribution in [0.5, 0.6) is 5.75 Å². The maximum atomic E-state index is 5.57. The molecule has 2 rings (SSSR count). The maximum Gasteiger partial charge on any atom is 0.122 e. The van der Waals surface area contributed by atoms with Crippen molar-refractivity contribution in [3.8, 4) is 5.75 Å². The zero-order chi connectivity index (χ0) is 9.80. The van der Waals surface area contributed by atoms with Gasteiger partial charge < -0.3 is 10.1 Å². The zero-order valence-corrected chi connectivity index (χ0v) is 8.68. The average molecular weight is 191 g/mol. The Kier molecular flexibility index (Phi) is 3.04. The lowest BCUT2D eigenvalue weighted by molar-refractivity contribution is 0.288. The Labute approximate surface area is 85.3 Å². The molecule has 1 heterocycles. The Morgan fingerprint density at radius 3 is 3.21 bits per heavy atom. The summed E-state index contributed by atoms with van der Waals surface area (Å²) in [6.45, 7) is 1.92. The number of rotatable bonds is 3. The first kappa shape index (κ1) is 9.53. The minimum atomic E-state index is 0.878. The maximum absolute atomic E-state index is 5.57. The summed E-state index contributed by atoms with van der Waals surface area (Å²) in [5, 5.41) is 3.16. The number of hydrogen-bond donors (Lipinski definition) is 1. The van der Waals surface area contributed by atoms with Crippen LogP contribution in [0, 0.1) is 0 Å². The Morgan fingerprint density at radius 2 is 2.36 bits per heavy atom. The summed E-state index contributed by atoms with van der Waals surface area (Å²) in [6, 6.07) is 6.56. The minimum absolute atomic E-state index is 0.878. The van der Waals surface area contributed by atoms with E-state index in [9.17, 15) is 0 Å². The SMILES string of the molecule is CNCCc1ccc2c(c1)CCCO2. The molecule has 1 N–H and O–H groups in total. The summed E-state index contributed by atoms with van der Waals surface area (Å²) >= 11 is 0. The predicted molar refractivity (Wildman–Crippen MR) is 57.9 cm³/mol. The van der Waals surface area contributed by atoms with Gasteiger partial charge in [-0.05, 0) is 50.0 Å². The highest BCUT2D eigenvalue weighted by Gasteiger charge is 2.09. The Bertz CT molecular complexity index is 309. The van der Waals surface area contributed by atoms with Crippen LogP contribution < -0.4 is 10.1 Å². The lowest BCUT2D eigenvalue weighted by Crippen LogP contribution is -2.12. The Hall–Kier alpha value is -1.02. The third-order valence-electron chi connectivity index (χ3n) is 2.64. The highest BCUT2D eigenvalue weighted by molar-refractivity contribution is 5.38. The van der Waals surface area contributed by atoms with Crippen LogP contribution in [0.25, 0.3) is 0 Å². The molecule has 2 heteroatoms. The van der Waals surface area contributed by atoms with Crippen LogP contribution >= 0.6 is 0 Å². The molecule has 0 atom stereocenters. The molecule has 0 saturated carbocycles.